The lowest BCUT2D eigenvalue weighted by Gasteiger charge is -2.39. The van der Waals surface area contributed by atoms with E-state index in [1.54, 1.807) is 23.1 Å². The van der Waals surface area contributed by atoms with Gasteiger partial charge in [-0.3, -0.25) is 9.69 Å². The van der Waals surface area contributed by atoms with Crippen LogP contribution in [-0.2, 0) is 17.4 Å². The molecule has 2 aliphatic rings. The number of allylic oxidation sites excluding steroid dienone is 3. The second-order valence-corrected chi connectivity index (χ2v) is 10.8. The molecule has 1 unspecified atom stereocenters. The van der Waals surface area contributed by atoms with Crippen molar-refractivity contribution in [1.82, 2.24) is 0 Å². The molecule has 1 aromatic heterocycles. The number of alkyl halides is 3. The first-order valence-corrected chi connectivity index (χ1v) is 12.9. The number of Topliss-reactive ketones (excluding diaryl/α,β-unsaturated/α-hetero) is 1. The van der Waals surface area contributed by atoms with Gasteiger partial charge in [0.1, 0.15) is 5.82 Å². The van der Waals surface area contributed by atoms with Crippen molar-refractivity contribution in [3.8, 4) is 6.07 Å². The lowest BCUT2D eigenvalue weighted by Crippen LogP contribution is -2.38. The highest BCUT2D eigenvalue weighted by molar-refractivity contribution is 8.01. The number of nitrogens with two attached hydrogens (primary N) is 1. The standard InChI is InChI=1S/C25H24F3N3OS2/c1-3-16-12-17(24(34-16)33-4-2)21-18(13-29)23(30)31(19-9-6-10-20(32)22(19)21)15-8-5-7-14(11-15)25(26,27)28/h5,7-8,11-12,21H,3-4,6,9-10,30H2,1-2H3. The third-order valence-electron chi connectivity index (χ3n) is 6.06. The summed E-state index contributed by atoms with van der Waals surface area (Å²) in [6.07, 6.45) is -2.29. The minimum absolute atomic E-state index is 0.0805. The molecule has 0 fully saturated rings. The predicted molar refractivity (Wildman–Crippen MR) is 129 cm³/mol. The maximum Gasteiger partial charge on any atom is 0.416 e. The SMILES string of the molecule is CCSc1sc(CC)cc1C1C(C#N)=C(N)N(c2cccc(C(F)(F)F)c2)C2=C1C(=O)CCC2. The molecule has 1 aromatic carbocycles. The van der Waals surface area contributed by atoms with Crippen LogP contribution >= 0.6 is 23.1 Å². The van der Waals surface area contributed by atoms with Crippen LogP contribution in [0.4, 0.5) is 18.9 Å². The molecule has 0 amide bonds. The summed E-state index contributed by atoms with van der Waals surface area (Å²) >= 11 is 3.31. The summed E-state index contributed by atoms with van der Waals surface area (Å²) in [5.74, 6) is 0.221. The quantitative estimate of drug-likeness (QED) is 0.457. The summed E-state index contributed by atoms with van der Waals surface area (Å²) in [7, 11) is 0. The summed E-state index contributed by atoms with van der Waals surface area (Å²) in [6, 6.07) is 9.10. The summed E-state index contributed by atoms with van der Waals surface area (Å²) in [5, 5.41) is 10.2. The molecule has 2 N–H and O–H groups in total. The number of hydrogen-bond donors (Lipinski definition) is 1. The number of anilines is 1. The molecule has 0 saturated carbocycles. The Bertz CT molecular complexity index is 1240. The smallest absolute Gasteiger partial charge is 0.384 e. The van der Waals surface area contributed by atoms with Gasteiger partial charge >= 0.3 is 6.18 Å². The largest absolute Gasteiger partial charge is 0.416 e. The Kier molecular flexibility index (Phi) is 6.83. The number of carbonyl (C=O) groups excluding carboxylic acids is 1. The Labute approximate surface area is 204 Å². The molecule has 9 heteroatoms. The van der Waals surface area contributed by atoms with E-state index >= 15 is 0 Å². The number of carbonyl (C=O) groups is 1. The molecule has 0 bridgehead atoms. The molecule has 0 radical (unpaired) electrons. The van der Waals surface area contributed by atoms with Crippen LogP contribution in [0.2, 0.25) is 0 Å². The zero-order valence-corrected chi connectivity index (χ0v) is 20.5. The maximum atomic E-state index is 13.4. The first-order chi connectivity index (χ1) is 16.2. The Morgan fingerprint density at radius 2 is 2.03 bits per heavy atom. The number of thiophene rings is 1. The van der Waals surface area contributed by atoms with Gasteiger partial charge in [0.15, 0.2) is 5.78 Å². The molecule has 0 saturated heterocycles. The molecule has 1 aliphatic heterocycles. The molecular formula is C25H24F3N3OS2. The van der Waals surface area contributed by atoms with E-state index in [0.717, 1.165) is 39.0 Å². The van der Waals surface area contributed by atoms with Gasteiger partial charge < -0.3 is 5.73 Å². The van der Waals surface area contributed by atoms with E-state index in [-0.39, 0.29) is 22.9 Å². The summed E-state index contributed by atoms with van der Waals surface area (Å²) in [5.41, 5.74) is 8.07. The lowest BCUT2D eigenvalue weighted by atomic mass is 9.76. The fraction of sp³-hybridized carbons (Fsp3) is 0.360. The van der Waals surface area contributed by atoms with Crippen LogP contribution < -0.4 is 10.6 Å². The molecule has 34 heavy (non-hydrogen) atoms. The van der Waals surface area contributed by atoms with Gasteiger partial charge in [-0.1, -0.05) is 19.9 Å². The maximum absolute atomic E-state index is 13.4. The van der Waals surface area contributed by atoms with E-state index in [0.29, 0.717) is 30.5 Å². The zero-order chi connectivity index (χ0) is 24.6. The van der Waals surface area contributed by atoms with E-state index in [1.165, 1.54) is 17.0 Å². The van der Waals surface area contributed by atoms with E-state index in [2.05, 4.69) is 13.0 Å². The fourth-order valence-corrected chi connectivity index (χ4v) is 6.95. The van der Waals surface area contributed by atoms with Gasteiger partial charge in [-0.05, 0) is 54.8 Å². The van der Waals surface area contributed by atoms with E-state index in [4.69, 9.17) is 5.73 Å². The molecule has 4 rings (SSSR count). The highest BCUT2D eigenvalue weighted by Crippen LogP contribution is 2.50. The number of aryl methyl sites for hydroxylation is 1. The molecule has 178 valence electrons. The molecule has 1 aliphatic carbocycles. The second kappa shape index (κ2) is 9.51. The van der Waals surface area contributed by atoms with Gasteiger partial charge in [0.25, 0.3) is 0 Å². The average molecular weight is 504 g/mol. The minimum Gasteiger partial charge on any atom is -0.384 e. The average Bonchev–Trinajstić information content (AvgIpc) is 3.21. The van der Waals surface area contributed by atoms with Crippen LogP contribution in [0.25, 0.3) is 0 Å². The highest BCUT2D eigenvalue weighted by Gasteiger charge is 2.42. The summed E-state index contributed by atoms with van der Waals surface area (Å²) < 4.78 is 41.3. The fourth-order valence-electron chi connectivity index (χ4n) is 4.57. The number of rotatable bonds is 5. The van der Waals surface area contributed by atoms with Crippen LogP contribution in [0.5, 0.6) is 0 Å². The van der Waals surface area contributed by atoms with Gasteiger partial charge in [0, 0.05) is 28.3 Å². The molecular weight excluding hydrogens is 479 g/mol. The minimum atomic E-state index is -4.52. The van der Waals surface area contributed by atoms with Crippen LogP contribution in [0, 0.1) is 11.3 Å². The molecule has 4 nitrogen and oxygen atoms in total. The van der Waals surface area contributed by atoms with Crippen molar-refractivity contribution in [2.75, 3.05) is 10.7 Å². The number of ketones is 1. The number of nitrogens with zero attached hydrogens (tertiary/aromatic N) is 2. The van der Waals surface area contributed by atoms with Crippen LogP contribution in [-0.4, -0.2) is 11.5 Å². The van der Waals surface area contributed by atoms with Gasteiger partial charge in [0.05, 0.1) is 27.3 Å². The Hall–Kier alpha value is -2.70. The van der Waals surface area contributed by atoms with Gasteiger partial charge in [-0.15, -0.1) is 23.1 Å². The van der Waals surface area contributed by atoms with E-state index in [1.807, 2.05) is 13.0 Å². The van der Waals surface area contributed by atoms with E-state index in [9.17, 15) is 23.2 Å². The number of benzene rings is 1. The van der Waals surface area contributed by atoms with Crippen molar-refractivity contribution in [1.29, 1.82) is 5.26 Å². The molecule has 2 heterocycles. The van der Waals surface area contributed by atoms with Gasteiger partial charge in [-0.2, -0.15) is 18.4 Å². The second-order valence-electron chi connectivity index (χ2n) is 8.11. The number of hydrogen-bond acceptors (Lipinski definition) is 6. The molecule has 2 aromatic rings. The van der Waals surface area contributed by atoms with Gasteiger partial charge in [0.2, 0.25) is 0 Å². The molecule has 1 atom stereocenters. The van der Waals surface area contributed by atoms with Crippen LogP contribution in [0.3, 0.4) is 0 Å². The Morgan fingerprint density at radius 1 is 1.26 bits per heavy atom. The predicted octanol–water partition coefficient (Wildman–Crippen LogP) is 6.75. The summed E-state index contributed by atoms with van der Waals surface area (Å²) in [6.45, 7) is 4.10. The Morgan fingerprint density at radius 3 is 2.68 bits per heavy atom. The Balaban J connectivity index is 1.96. The highest BCUT2D eigenvalue weighted by atomic mass is 32.2. The number of nitriles is 1. The number of halogens is 3. The van der Waals surface area contributed by atoms with Crippen LogP contribution in [0.1, 0.15) is 55.0 Å². The van der Waals surface area contributed by atoms with Crippen molar-refractivity contribution >= 4 is 34.6 Å². The lowest BCUT2D eigenvalue weighted by molar-refractivity contribution is -0.137. The monoisotopic (exact) mass is 503 g/mol. The first-order valence-electron chi connectivity index (χ1n) is 11.1. The van der Waals surface area contributed by atoms with Crippen molar-refractivity contribution in [2.24, 2.45) is 5.73 Å². The number of thioether (sulfide) groups is 1. The van der Waals surface area contributed by atoms with Crippen molar-refractivity contribution in [2.45, 2.75) is 55.8 Å². The van der Waals surface area contributed by atoms with Crippen molar-refractivity contribution < 1.29 is 18.0 Å². The van der Waals surface area contributed by atoms with Crippen LogP contribution in [0.15, 0.2) is 57.2 Å². The van der Waals surface area contributed by atoms with E-state index < -0.39 is 17.7 Å². The van der Waals surface area contributed by atoms with Gasteiger partial charge in [-0.25, -0.2) is 0 Å². The summed E-state index contributed by atoms with van der Waals surface area (Å²) in [4.78, 5) is 15.9. The molecule has 0 spiro atoms. The normalized spacial score (nSPS) is 18.9. The third kappa shape index (κ3) is 4.25. The van der Waals surface area contributed by atoms with Crippen molar-refractivity contribution in [3.05, 3.63) is 69.0 Å². The van der Waals surface area contributed by atoms with Crippen molar-refractivity contribution in [3.63, 3.8) is 0 Å². The topological polar surface area (TPSA) is 70.1 Å². The first kappa shape index (κ1) is 24.4. The zero-order valence-electron chi connectivity index (χ0n) is 18.8. The third-order valence-corrected chi connectivity index (χ3v) is 8.54.